The Hall–Kier alpha value is -2.80. The molecule has 7 nitrogen and oxygen atoms in total. The smallest absolute Gasteiger partial charge is 0.226 e. The van der Waals surface area contributed by atoms with Crippen LogP contribution in [-0.4, -0.2) is 45.3 Å². The number of methoxy groups -OCH3 is 1. The average Bonchev–Trinajstić information content (AvgIpc) is 3.29. The molecule has 1 aliphatic rings. The van der Waals surface area contributed by atoms with E-state index in [-0.39, 0.29) is 24.0 Å². The van der Waals surface area contributed by atoms with Gasteiger partial charge in [0.25, 0.3) is 0 Å². The fourth-order valence-electron chi connectivity index (χ4n) is 3.95. The van der Waals surface area contributed by atoms with Gasteiger partial charge in [-0.25, -0.2) is 4.98 Å². The van der Waals surface area contributed by atoms with E-state index in [4.69, 9.17) is 21.1 Å². The number of amides is 1. The summed E-state index contributed by atoms with van der Waals surface area (Å²) in [5.74, 6) is 1.44. The van der Waals surface area contributed by atoms with E-state index >= 15 is 0 Å². The summed E-state index contributed by atoms with van der Waals surface area (Å²) in [5, 5.41) is 5.51. The fourth-order valence-corrected chi connectivity index (χ4v) is 4.13. The predicted octanol–water partition coefficient (Wildman–Crippen LogP) is 4.01. The number of rotatable bonds is 6. The number of hydrogen-bond acceptors (Lipinski definition) is 5. The predicted molar refractivity (Wildman–Crippen MR) is 115 cm³/mol. The van der Waals surface area contributed by atoms with E-state index in [9.17, 15) is 4.79 Å². The number of fused-ring (bicyclic) bond motifs is 1. The molecular weight excluding hydrogens is 404 g/mol. The summed E-state index contributed by atoms with van der Waals surface area (Å²) in [4.78, 5) is 19.0. The third-order valence-corrected chi connectivity index (χ3v) is 5.96. The first-order chi connectivity index (χ1) is 14.4. The molecule has 4 rings (SSSR count). The Morgan fingerprint density at radius 2 is 1.97 bits per heavy atom. The van der Waals surface area contributed by atoms with Crippen LogP contribution in [0, 0.1) is 5.92 Å². The molecule has 2 aromatic heterocycles. The van der Waals surface area contributed by atoms with Crippen molar-refractivity contribution in [3.63, 3.8) is 0 Å². The maximum atomic E-state index is 12.7. The maximum absolute atomic E-state index is 12.7. The quantitative estimate of drug-likeness (QED) is 0.555. The van der Waals surface area contributed by atoms with Crippen molar-refractivity contribution in [3.8, 4) is 11.6 Å². The molecule has 8 heteroatoms. The van der Waals surface area contributed by atoms with Crippen molar-refractivity contribution >= 4 is 28.4 Å². The SMILES string of the molecule is COc1ccc([C@H](C)N2CC([C@@H](C)Oc3nc(Cl)cc4nn(C)cc34)CC2=O)cc1. The summed E-state index contributed by atoms with van der Waals surface area (Å²) in [7, 11) is 3.48. The van der Waals surface area contributed by atoms with Crippen molar-refractivity contribution < 1.29 is 14.3 Å². The third kappa shape index (κ3) is 3.94. The van der Waals surface area contributed by atoms with E-state index in [2.05, 4.69) is 10.1 Å². The van der Waals surface area contributed by atoms with Gasteiger partial charge in [-0.1, -0.05) is 23.7 Å². The van der Waals surface area contributed by atoms with Crippen LogP contribution in [0.1, 0.15) is 31.9 Å². The number of carbonyl (C=O) groups is 1. The lowest BCUT2D eigenvalue weighted by molar-refractivity contribution is -0.129. The molecular formula is C22H25ClN4O3. The minimum atomic E-state index is -0.198. The minimum Gasteiger partial charge on any atom is -0.497 e. The lowest BCUT2D eigenvalue weighted by atomic mass is 10.0. The van der Waals surface area contributed by atoms with E-state index in [1.54, 1.807) is 17.9 Å². The Morgan fingerprint density at radius 3 is 2.67 bits per heavy atom. The van der Waals surface area contributed by atoms with Gasteiger partial charge in [0.2, 0.25) is 11.8 Å². The number of benzene rings is 1. The highest BCUT2D eigenvalue weighted by Gasteiger charge is 2.37. The van der Waals surface area contributed by atoms with Crippen LogP contribution < -0.4 is 9.47 Å². The summed E-state index contributed by atoms with van der Waals surface area (Å²) >= 11 is 6.14. The number of likely N-dealkylation sites (tertiary alicyclic amines) is 1. The van der Waals surface area contributed by atoms with Gasteiger partial charge in [0, 0.05) is 38.2 Å². The first-order valence-electron chi connectivity index (χ1n) is 9.95. The van der Waals surface area contributed by atoms with Crippen LogP contribution >= 0.6 is 11.6 Å². The summed E-state index contributed by atoms with van der Waals surface area (Å²) in [6, 6.07) is 9.53. The van der Waals surface area contributed by atoms with Gasteiger partial charge in [0.05, 0.1) is 18.5 Å². The average molecular weight is 429 g/mol. The Balaban J connectivity index is 1.48. The summed E-state index contributed by atoms with van der Waals surface area (Å²) in [6.07, 6.45) is 2.10. The Bertz CT molecular complexity index is 1070. The number of nitrogens with zero attached hydrogens (tertiary/aromatic N) is 4. The van der Waals surface area contributed by atoms with Gasteiger partial charge in [-0.2, -0.15) is 5.10 Å². The van der Waals surface area contributed by atoms with Gasteiger partial charge in [-0.3, -0.25) is 9.48 Å². The molecule has 158 valence electrons. The Morgan fingerprint density at radius 1 is 1.23 bits per heavy atom. The molecule has 0 N–H and O–H groups in total. The molecule has 0 spiro atoms. The van der Waals surface area contributed by atoms with Crippen LogP contribution in [0.2, 0.25) is 5.15 Å². The second-order valence-electron chi connectivity index (χ2n) is 7.77. The molecule has 0 bridgehead atoms. The number of carbonyl (C=O) groups excluding carboxylic acids is 1. The highest BCUT2D eigenvalue weighted by atomic mass is 35.5. The second kappa shape index (κ2) is 8.14. The van der Waals surface area contributed by atoms with Gasteiger partial charge in [0.15, 0.2) is 0 Å². The Kier molecular flexibility index (Phi) is 5.56. The largest absolute Gasteiger partial charge is 0.497 e. The van der Waals surface area contributed by atoms with Gasteiger partial charge >= 0.3 is 0 Å². The molecule has 0 radical (unpaired) electrons. The third-order valence-electron chi connectivity index (χ3n) is 5.77. The number of aromatic nitrogens is 3. The fraction of sp³-hybridized carbons (Fsp3) is 0.409. The van der Waals surface area contributed by atoms with E-state index in [0.717, 1.165) is 22.2 Å². The molecule has 1 amide bonds. The first kappa shape index (κ1) is 20.5. The standard InChI is InChI=1S/C22H25ClN4O3/c1-13(15-5-7-17(29-4)8-6-15)27-11-16(9-21(27)28)14(2)30-22-18-12-26(3)25-19(18)10-20(23)24-22/h5-8,10,12-14,16H,9,11H2,1-4H3/t13-,14+,16?/m0/s1. The van der Waals surface area contributed by atoms with Crippen LogP contribution in [0.4, 0.5) is 0 Å². The van der Waals surface area contributed by atoms with Crippen LogP contribution in [0.3, 0.4) is 0 Å². The molecule has 30 heavy (non-hydrogen) atoms. The molecule has 1 fully saturated rings. The molecule has 1 aromatic carbocycles. The summed E-state index contributed by atoms with van der Waals surface area (Å²) in [5.41, 5.74) is 1.81. The molecule has 3 atom stereocenters. The highest BCUT2D eigenvalue weighted by Crippen LogP contribution is 2.33. The normalized spacial score (nSPS) is 18.6. The zero-order valence-corrected chi connectivity index (χ0v) is 18.3. The zero-order chi connectivity index (χ0) is 21.4. The second-order valence-corrected chi connectivity index (χ2v) is 8.16. The van der Waals surface area contributed by atoms with Crippen LogP contribution in [0.25, 0.3) is 10.9 Å². The monoisotopic (exact) mass is 428 g/mol. The lowest BCUT2D eigenvalue weighted by Crippen LogP contribution is -2.31. The molecule has 0 aliphatic carbocycles. The van der Waals surface area contributed by atoms with Crippen LogP contribution in [-0.2, 0) is 11.8 Å². The van der Waals surface area contributed by atoms with E-state index in [0.29, 0.717) is 24.0 Å². The van der Waals surface area contributed by atoms with Crippen molar-refractivity contribution in [1.82, 2.24) is 19.7 Å². The molecule has 0 saturated carbocycles. The van der Waals surface area contributed by atoms with Gasteiger partial charge in [0.1, 0.15) is 22.5 Å². The minimum absolute atomic E-state index is 0.0186. The number of pyridine rings is 1. The van der Waals surface area contributed by atoms with Crippen molar-refractivity contribution in [1.29, 1.82) is 0 Å². The van der Waals surface area contributed by atoms with E-state index < -0.39 is 0 Å². The van der Waals surface area contributed by atoms with Gasteiger partial charge < -0.3 is 14.4 Å². The highest BCUT2D eigenvalue weighted by molar-refractivity contribution is 6.30. The molecule has 1 aliphatic heterocycles. The number of hydrogen-bond donors (Lipinski definition) is 0. The summed E-state index contributed by atoms with van der Waals surface area (Å²) in [6.45, 7) is 4.65. The number of halogens is 1. The van der Waals surface area contributed by atoms with Crippen molar-refractivity contribution in [2.75, 3.05) is 13.7 Å². The van der Waals surface area contributed by atoms with E-state index in [1.807, 2.05) is 56.3 Å². The maximum Gasteiger partial charge on any atom is 0.226 e. The molecule has 1 unspecified atom stereocenters. The lowest BCUT2D eigenvalue weighted by Gasteiger charge is -2.26. The molecule has 3 aromatic rings. The van der Waals surface area contributed by atoms with Gasteiger partial charge in [-0.05, 0) is 31.5 Å². The summed E-state index contributed by atoms with van der Waals surface area (Å²) < 4.78 is 13.1. The van der Waals surface area contributed by atoms with Gasteiger partial charge in [-0.15, -0.1) is 0 Å². The zero-order valence-electron chi connectivity index (χ0n) is 17.5. The molecule has 3 heterocycles. The molecule has 1 saturated heterocycles. The number of ether oxygens (including phenoxy) is 2. The van der Waals surface area contributed by atoms with Crippen molar-refractivity contribution in [2.24, 2.45) is 13.0 Å². The number of aryl methyl sites for hydroxylation is 1. The van der Waals surface area contributed by atoms with Crippen LogP contribution in [0.15, 0.2) is 36.5 Å². The Labute approximate surface area is 180 Å². The topological polar surface area (TPSA) is 69.5 Å². The van der Waals surface area contributed by atoms with Crippen molar-refractivity contribution in [2.45, 2.75) is 32.4 Å². The van der Waals surface area contributed by atoms with E-state index in [1.165, 1.54) is 0 Å². The first-order valence-corrected chi connectivity index (χ1v) is 10.3. The van der Waals surface area contributed by atoms with Crippen molar-refractivity contribution in [3.05, 3.63) is 47.2 Å². The van der Waals surface area contributed by atoms with Crippen LogP contribution in [0.5, 0.6) is 11.6 Å².